The molecule has 0 aromatic rings. The zero-order chi connectivity index (χ0) is 12.0. The van der Waals surface area contributed by atoms with Crippen LogP contribution in [0.4, 0.5) is 0 Å². The highest BCUT2D eigenvalue weighted by Crippen LogP contribution is 2.23. The third kappa shape index (κ3) is 4.12. The minimum atomic E-state index is 0.0778. The second kappa shape index (κ2) is 6.89. The van der Waals surface area contributed by atoms with Crippen LogP contribution in [-0.4, -0.2) is 25.0 Å². The van der Waals surface area contributed by atoms with Crippen LogP contribution in [-0.2, 0) is 4.79 Å². The Bertz CT molecular complexity index is 218. The van der Waals surface area contributed by atoms with E-state index in [0.29, 0.717) is 12.0 Å². The summed E-state index contributed by atoms with van der Waals surface area (Å²) in [7, 11) is 0. The van der Waals surface area contributed by atoms with E-state index in [2.05, 4.69) is 24.5 Å². The number of carbonyl (C=O) groups excluding carboxylic acids is 1. The van der Waals surface area contributed by atoms with Gasteiger partial charge in [-0.05, 0) is 25.3 Å². The van der Waals surface area contributed by atoms with Crippen molar-refractivity contribution in [3.63, 3.8) is 0 Å². The molecule has 2 N–H and O–H groups in total. The van der Waals surface area contributed by atoms with E-state index in [1.165, 1.54) is 19.3 Å². The maximum absolute atomic E-state index is 11.9. The van der Waals surface area contributed by atoms with Crippen LogP contribution in [0.1, 0.15) is 46.5 Å². The fourth-order valence-electron chi connectivity index (χ4n) is 2.31. The Morgan fingerprint density at radius 3 is 2.69 bits per heavy atom. The van der Waals surface area contributed by atoms with Gasteiger partial charge in [-0.25, -0.2) is 0 Å². The molecule has 0 heterocycles. The molecular weight excluding hydrogens is 200 g/mol. The Morgan fingerprint density at radius 2 is 2.06 bits per heavy atom. The number of amides is 1. The van der Waals surface area contributed by atoms with Crippen molar-refractivity contribution < 1.29 is 4.79 Å². The third-order valence-corrected chi connectivity index (χ3v) is 3.59. The van der Waals surface area contributed by atoms with Gasteiger partial charge in [-0.1, -0.05) is 33.6 Å². The van der Waals surface area contributed by atoms with Gasteiger partial charge in [0.25, 0.3) is 0 Å². The Kier molecular flexibility index (Phi) is 5.81. The first-order chi connectivity index (χ1) is 7.65. The molecule has 1 saturated carbocycles. The molecular formula is C13H26N2O. The average Bonchev–Trinajstić information content (AvgIpc) is 2.28. The number of rotatable bonds is 5. The fourth-order valence-corrected chi connectivity index (χ4v) is 2.31. The van der Waals surface area contributed by atoms with E-state index in [4.69, 9.17) is 0 Å². The van der Waals surface area contributed by atoms with Crippen LogP contribution in [0, 0.1) is 11.8 Å². The molecule has 16 heavy (non-hydrogen) atoms. The van der Waals surface area contributed by atoms with Gasteiger partial charge in [0.15, 0.2) is 0 Å². The van der Waals surface area contributed by atoms with E-state index in [1.807, 2.05) is 6.92 Å². The molecule has 94 valence electrons. The number of hydrogen-bond donors (Lipinski definition) is 2. The van der Waals surface area contributed by atoms with E-state index >= 15 is 0 Å². The molecule has 0 aromatic carbocycles. The van der Waals surface area contributed by atoms with Gasteiger partial charge in [-0.3, -0.25) is 4.79 Å². The zero-order valence-corrected chi connectivity index (χ0v) is 10.9. The lowest BCUT2D eigenvalue weighted by molar-refractivity contribution is -0.125. The fraction of sp³-hybridized carbons (Fsp3) is 0.923. The molecule has 3 nitrogen and oxygen atoms in total. The van der Waals surface area contributed by atoms with Crippen molar-refractivity contribution in [1.29, 1.82) is 0 Å². The summed E-state index contributed by atoms with van der Waals surface area (Å²) in [6, 6.07) is 0.408. The Labute approximate surface area is 99.4 Å². The van der Waals surface area contributed by atoms with Crippen LogP contribution in [0.15, 0.2) is 0 Å². The van der Waals surface area contributed by atoms with Crippen molar-refractivity contribution in [2.24, 2.45) is 11.8 Å². The maximum atomic E-state index is 11.9. The SMILES string of the molecule is CCNCC(C)C(=O)NC1CCCCC1C. The molecule has 0 saturated heterocycles. The van der Waals surface area contributed by atoms with Crippen LogP contribution in [0.3, 0.4) is 0 Å². The monoisotopic (exact) mass is 226 g/mol. The normalized spacial score (nSPS) is 27.4. The second-order valence-corrected chi connectivity index (χ2v) is 5.09. The first kappa shape index (κ1) is 13.5. The lowest BCUT2D eigenvalue weighted by Crippen LogP contribution is -2.45. The van der Waals surface area contributed by atoms with Crippen molar-refractivity contribution in [2.75, 3.05) is 13.1 Å². The van der Waals surface area contributed by atoms with Crippen molar-refractivity contribution in [1.82, 2.24) is 10.6 Å². The van der Waals surface area contributed by atoms with Gasteiger partial charge in [-0.2, -0.15) is 0 Å². The molecule has 1 aliphatic rings. The highest BCUT2D eigenvalue weighted by Gasteiger charge is 2.24. The van der Waals surface area contributed by atoms with Gasteiger partial charge in [0.1, 0.15) is 0 Å². The first-order valence-electron chi connectivity index (χ1n) is 6.66. The summed E-state index contributed by atoms with van der Waals surface area (Å²) in [6.45, 7) is 8.01. The molecule has 3 heteroatoms. The predicted octanol–water partition coefficient (Wildman–Crippen LogP) is 1.93. The van der Waals surface area contributed by atoms with Crippen molar-refractivity contribution >= 4 is 5.91 Å². The topological polar surface area (TPSA) is 41.1 Å². The van der Waals surface area contributed by atoms with Gasteiger partial charge in [-0.15, -0.1) is 0 Å². The van der Waals surface area contributed by atoms with E-state index in [9.17, 15) is 4.79 Å². The van der Waals surface area contributed by atoms with Gasteiger partial charge in [0.2, 0.25) is 5.91 Å². The second-order valence-electron chi connectivity index (χ2n) is 5.09. The standard InChI is InChI=1S/C13H26N2O/c1-4-14-9-11(3)13(16)15-12-8-6-5-7-10(12)2/h10-12,14H,4-9H2,1-3H3,(H,15,16). The largest absolute Gasteiger partial charge is 0.353 e. The van der Waals surface area contributed by atoms with Gasteiger partial charge >= 0.3 is 0 Å². The van der Waals surface area contributed by atoms with Crippen LogP contribution in [0.25, 0.3) is 0 Å². The third-order valence-electron chi connectivity index (χ3n) is 3.59. The first-order valence-corrected chi connectivity index (χ1v) is 6.66. The highest BCUT2D eigenvalue weighted by atomic mass is 16.1. The molecule has 3 atom stereocenters. The number of carbonyl (C=O) groups is 1. The van der Waals surface area contributed by atoms with Gasteiger partial charge in [0, 0.05) is 18.5 Å². The molecule has 1 amide bonds. The summed E-state index contributed by atoms with van der Waals surface area (Å²) < 4.78 is 0. The summed E-state index contributed by atoms with van der Waals surface area (Å²) in [4.78, 5) is 11.9. The summed E-state index contributed by atoms with van der Waals surface area (Å²) in [5, 5.41) is 6.41. The van der Waals surface area contributed by atoms with E-state index < -0.39 is 0 Å². The smallest absolute Gasteiger partial charge is 0.224 e. The Morgan fingerprint density at radius 1 is 1.38 bits per heavy atom. The van der Waals surface area contributed by atoms with Crippen molar-refractivity contribution in [3.8, 4) is 0 Å². The van der Waals surface area contributed by atoms with Gasteiger partial charge in [0.05, 0.1) is 0 Å². The summed E-state index contributed by atoms with van der Waals surface area (Å²) in [5.41, 5.74) is 0. The Balaban J connectivity index is 2.31. The molecule has 0 radical (unpaired) electrons. The molecule has 0 bridgehead atoms. The quantitative estimate of drug-likeness (QED) is 0.752. The predicted molar refractivity (Wildman–Crippen MR) is 67.3 cm³/mol. The Hall–Kier alpha value is -0.570. The number of nitrogens with one attached hydrogen (secondary N) is 2. The molecule has 0 aliphatic heterocycles. The highest BCUT2D eigenvalue weighted by molar-refractivity contribution is 5.78. The van der Waals surface area contributed by atoms with E-state index in [1.54, 1.807) is 0 Å². The zero-order valence-electron chi connectivity index (χ0n) is 10.9. The maximum Gasteiger partial charge on any atom is 0.224 e. The van der Waals surface area contributed by atoms with Crippen LogP contribution in [0.5, 0.6) is 0 Å². The molecule has 3 unspecified atom stereocenters. The molecule has 1 rings (SSSR count). The van der Waals surface area contributed by atoms with Crippen molar-refractivity contribution in [3.05, 3.63) is 0 Å². The number of hydrogen-bond acceptors (Lipinski definition) is 2. The van der Waals surface area contributed by atoms with Crippen LogP contribution < -0.4 is 10.6 Å². The molecule has 0 spiro atoms. The molecule has 1 aliphatic carbocycles. The van der Waals surface area contributed by atoms with Crippen LogP contribution in [0.2, 0.25) is 0 Å². The molecule has 1 fully saturated rings. The summed E-state index contributed by atoms with van der Waals surface area (Å²) in [5.74, 6) is 0.929. The average molecular weight is 226 g/mol. The summed E-state index contributed by atoms with van der Waals surface area (Å²) in [6.07, 6.45) is 4.99. The van der Waals surface area contributed by atoms with Gasteiger partial charge < -0.3 is 10.6 Å². The minimum absolute atomic E-state index is 0.0778. The minimum Gasteiger partial charge on any atom is -0.353 e. The van der Waals surface area contributed by atoms with E-state index in [0.717, 1.165) is 19.5 Å². The summed E-state index contributed by atoms with van der Waals surface area (Å²) >= 11 is 0. The lowest BCUT2D eigenvalue weighted by atomic mass is 9.85. The molecule has 0 aromatic heterocycles. The van der Waals surface area contributed by atoms with Crippen LogP contribution >= 0.6 is 0 Å². The van der Waals surface area contributed by atoms with E-state index in [-0.39, 0.29) is 11.8 Å². The lowest BCUT2D eigenvalue weighted by Gasteiger charge is -2.30. The van der Waals surface area contributed by atoms with Crippen molar-refractivity contribution in [2.45, 2.75) is 52.5 Å².